The predicted octanol–water partition coefficient (Wildman–Crippen LogP) is 3.89. The Labute approximate surface area is 152 Å². The van der Waals surface area contributed by atoms with Gasteiger partial charge in [0.25, 0.3) is 10.0 Å². The van der Waals surface area contributed by atoms with Crippen molar-refractivity contribution in [2.45, 2.75) is 4.90 Å². The highest BCUT2D eigenvalue weighted by atomic mass is 35.5. The highest BCUT2D eigenvalue weighted by Gasteiger charge is 2.30. The van der Waals surface area contributed by atoms with Crippen molar-refractivity contribution in [1.82, 2.24) is 4.72 Å². The number of hydrogen-bond donors (Lipinski definition) is 1. The molecule has 0 heterocycles. The van der Waals surface area contributed by atoms with Gasteiger partial charge in [-0.2, -0.15) is 0 Å². The van der Waals surface area contributed by atoms with Gasteiger partial charge in [0.05, 0.1) is 17.7 Å². The van der Waals surface area contributed by atoms with Crippen LogP contribution in [0.3, 0.4) is 0 Å². The van der Waals surface area contributed by atoms with Crippen LogP contribution in [-0.2, 0) is 14.8 Å². The van der Waals surface area contributed by atoms with Crippen LogP contribution in [0.5, 0.6) is 0 Å². The van der Waals surface area contributed by atoms with Gasteiger partial charge in [-0.15, -0.1) is 0 Å². The van der Waals surface area contributed by atoms with E-state index in [1.807, 2.05) is 0 Å². The van der Waals surface area contributed by atoms with Crippen molar-refractivity contribution >= 4 is 27.7 Å². The lowest BCUT2D eigenvalue weighted by Crippen LogP contribution is -2.30. The lowest BCUT2D eigenvalue weighted by atomic mass is 10.0. The van der Waals surface area contributed by atoms with E-state index in [2.05, 4.69) is 4.74 Å². The molecule has 0 bridgehead atoms. The molecule has 0 saturated carbocycles. The summed E-state index contributed by atoms with van der Waals surface area (Å²) in [4.78, 5) is 10.0. The molecule has 0 aliphatic rings. The molecule has 0 fully saturated rings. The average molecular weight is 434 g/mol. The largest absolute Gasteiger partial charge is 0.452 e. The molecule has 0 unspecified atom stereocenters. The SMILES string of the molecule is COC(=O)NS(=O)(=O)c1cc(-c2c(F)c(F)c(F)c(F)c2F)c(F)cc1Cl. The molecule has 1 amide bonds. The molecule has 0 spiro atoms. The summed E-state index contributed by atoms with van der Waals surface area (Å²) in [7, 11) is -4.02. The van der Waals surface area contributed by atoms with E-state index >= 15 is 0 Å². The molecule has 0 aliphatic carbocycles. The van der Waals surface area contributed by atoms with Gasteiger partial charge in [-0.3, -0.25) is 0 Å². The Morgan fingerprint density at radius 2 is 1.44 bits per heavy atom. The standard InChI is InChI=1S/C14H6ClF6NO4S/c1-26-14(23)22-27(24,25)7-2-4(6(16)3-5(7)15)8-9(17)11(19)13(21)12(20)10(8)18/h2-3H,1H3,(H,22,23). The zero-order chi connectivity index (χ0) is 20.7. The first kappa shape index (κ1) is 20.8. The maximum Gasteiger partial charge on any atom is 0.420 e. The van der Waals surface area contributed by atoms with Crippen LogP contribution in [0.15, 0.2) is 17.0 Å². The fraction of sp³-hybridized carbons (Fsp3) is 0.0714. The van der Waals surface area contributed by atoms with Gasteiger partial charge in [0.15, 0.2) is 23.3 Å². The second kappa shape index (κ2) is 7.27. The highest BCUT2D eigenvalue weighted by molar-refractivity contribution is 7.90. The fourth-order valence-electron chi connectivity index (χ4n) is 1.97. The average Bonchev–Trinajstić information content (AvgIpc) is 2.59. The van der Waals surface area contributed by atoms with E-state index in [1.54, 1.807) is 0 Å². The van der Waals surface area contributed by atoms with Crippen molar-refractivity contribution < 1.29 is 44.3 Å². The topological polar surface area (TPSA) is 72.5 Å². The third-order valence-electron chi connectivity index (χ3n) is 3.19. The Hall–Kier alpha value is -2.47. The summed E-state index contributed by atoms with van der Waals surface area (Å²) < 4.78 is 111. The first-order valence-electron chi connectivity index (χ1n) is 6.54. The number of amides is 1. The Bertz CT molecular complexity index is 1030. The number of carbonyl (C=O) groups is 1. The summed E-state index contributed by atoms with van der Waals surface area (Å²) in [6.07, 6.45) is -1.48. The summed E-state index contributed by atoms with van der Waals surface area (Å²) in [5, 5.41) is -0.837. The zero-order valence-corrected chi connectivity index (χ0v) is 14.4. The first-order chi connectivity index (χ1) is 12.4. The molecule has 1 N–H and O–H groups in total. The van der Waals surface area contributed by atoms with Crippen LogP contribution in [0.25, 0.3) is 11.1 Å². The molecule has 2 aromatic carbocycles. The predicted molar refractivity (Wildman–Crippen MR) is 79.4 cm³/mol. The Balaban J connectivity index is 2.81. The maximum atomic E-state index is 14.1. The molecule has 0 aromatic heterocycles. The number of hydrogen-bond acceptors (Lipinski definition) is 4. The summed E-state index contributed by atoms with van der Waals surface area (Å²) >= 11 is 5.56. The van der Waals surface area contributed by atoms with E-state index in [4.69, 9.17) is 11.6 Å². The van der Waals surface area contributed by atoms with Gasteiger partial charge >= 0.3 is 6.09 Å². The summed E-state index contributed by atoms with van der Waals surface area (Å²) in [6, 6.07) is 0.474. The number of methoxy groups -OCH3 is 1. The van der Waals surface area contributed by atoms with Gasteiger partial charge in [-0.1, -0.05) is 11.6 Å². The van der Waals surface area contributed by atoms with E-state index in [0.29, 0.717) is 0 Å². The molecular weight excluding hydrogens is 428 g/mol. The third kappa shape index (κ3) is 3.67. The minimum atomic E-state index is -4.83. The minimum Gasteiger partial charge on any atom is -0.452 e. The number of carbonyl (C=O) groups excluding carboxylic acids is 1. The molecule has 13 heteroatoms. The number of ether oxygens (including phenoxy) is 1. The number of halogens is 7. The van der Waals surface area contributed by atoms with Gasteiger partial charge in [-0.05, 0) is 12.1 Å². The van der Waals surface area contributed by atoms with Gasteiger partial charge in [0.2, 0.25) is 5.82 Å². The van der Waals surface area contributed by atoms with Crippen molar-refractivity contribution in [3.63, 3.8) is 0 Å². The Morgan fingerprint density at radius 3 is 1.93 bits per heavy atom. The van der Waals surface area contributed by atoms with Crippen LogP contribution in [0.1, 0.15) is 0 Å². The lowest BCUT2D eigenvalue weighted by molar-refractivity contribution is 0.177. The molecule has 2 rings (SSSR count). The Morgan fingerprint density at radius 1 is 0.963 bits per heavy atom. The number of nitrogens with one attached hydrogen (secondary N) is 1. The quantitative estimate of drug-likeness (QED) is 0.453. The summed E-state index contributed by atoms with van der Waals surface area (Å²) in [5.41, 5.74) is -3.01. The molecular formula is C14H6ClF6NO4S. The van der Waals surface area contributed by atoms with Crippen LogP contribution >= 0.6 is 11.6 Å². The molecule has 146 valence electrons. The molecule has 5 nitrogen and oxygen atoms in total. The van der Waals surface area contributed by atoms with Crippen molar-refractivity contribution in [3.05, 3.63) is 52.1 Å². The van der Waals surface area contributed by atoms with Crippen molar-refractivity contribution in [1.29, 1.82) is 0 Å². The van der Waals surface area contributed by atoms with Gasteiger partial charge in [0.1, 0.15) is 10.7 Å². The van der Waals surface area contributed by atoms with E-state index in [0.717, 1.165) is 7.11 Å². The van der Waals surface area contributed by atoms with E-state index < -0.39 is 72.1 Å². The number of benzene rings is 2. The second-order valence-electron chi connectivity index (χ2n) is 4.80. The smallest absolute Gasteiger partial charge is 0.420 e. The van der Waals surface area contributed by atoms with Crippen LogP contribution < -0.4 is 4.72 Å². The zero-order valence-electron chi connectivity index (χ0n) is 12.8. The van der Waals surface area contributed by atoms with Gasteiger partial charge < -0.3 is 4.74 Å². The molecule has 0 atom stereocenters. The minimum absolute atomic E-state index is 0.210. The summed E-state index contributed by atoms with van der Waals surface area (Å²) in [5.74, 6) is -13.6. The molecule has 0 aliphatic heterocycles. The van der Waals surface area contributed by atoms with Gasteiger partial charge in [0, 0.05) is 5.56 Å². The van der Waals surface area contributed by atoms with Crippen LogP contribution in [0, 0.1) is 34.9 Å². The monoisotopic (exact) mass is 433 g/mol. The molecule has 27 heavy (non-hydrogen) atoms. The third-order valence-corrected chi connectivity index (χ3v) is 4.97. The number of rotatable bonds is 3. The van der Waals surface area contributed by atoms with Crippen molar-refractivity contribution in [2.24, 2.45) is 0 Å². The van der Waals surface area contributed by atoms with Crippen molar-refractivity contribution in [3.8, 4) is 11.1 Å². The Kier molecular flexibility index (Phi) is 5.61. The first-order valence-corrected chi connectivity index (χ1v) is 8.40. The number of sulfonamides is 1. The van der Waals surface area contributed by atoms with E-state index in [1.165, 1.54) is 4.72 Å². The van der Waals surface area contributed by atoms with Gasteiger partial charge in [-0.25, -0.2) is 44.3 Å². The maximum absolute atomic E-state index is 14.1. The van der Waals surface area contributed by atoms with E-state index in [9.17, 15) is 39.6 Å². The van der Waals surface area contributed by atoms with Crippen molar-refractivity contribution in [2.75, 3.05) is 7.11 Å². The normalized spacial score (nSPS) is 11.4. The molecule has 0 saturated heterocycles. The molecule has 0 radical (unpaired) electrons. The van der Waals surface area contributed by atoms with Crippen LogP contribution in [0.4, 0.5) is 31.1 Å². The molecule has 2 aromatic rings. The lowest BCUT2D eigenvalue weighted by Gasteiger charge is -2.13. The highest BCUT2D eigenvalue weighted by Crippen LogP contribution is 2.36. The van der Waals surface area contributed by atoms with Crippen LogP contribution in [-0.4, -0.2) is 21.6 Å². The van der Waals surface area contributed by atoms with E-state index in [-0.39, 0.29) is 12.1 Å². The fourth-order valence-corrected chi connectivity index (χ4v) is 3.43. The van der Waals surface area contributed by atoms with Crippen LogP contribution in [0.2, 0.25) is 5.02 Å². The second-order valence-corrected chi connectivity index (χ2v) is 6.86. The summed E-state index contributed by atoms with van der Waals surface area (Å²) in [6.45, 7) is 0.